The number of carboxylic acids is 1. The van der Waals surface area contributed by atoms with Crippen LogP contribution in [0.15, 0.2) is 0 Å². The highest BCUT2D eigenvalue weighted by Gasteiger charge is 2.28. The molecule has 23 heavy (non-hydrogen) atoms. The Labute approximate surface area is 143 Å². The van der Waals surface area contributed by atoms with Gasteiger partial charge < -0.3 is 5.11 Å². The molecule has 0 saturated carbocycles. The molecule has 0 aromatic carbocycles. The number of hydrogen-bond acceptors (Lipinski definition) is 3. The van der Waals surface area contributed by atoms with Crippen molar-refractivity contribution in [1.82, 2.24) is 0 Å². The van der Waals surface area contributed by atoms with Gasteiger partial charge in [0.1, 0.15) is 9.84 Å². The number of hydrogen-bond donors (Lipinski definition) is 1. The summed E-state index contributed by atoms with van der Waals surface area (Å²) in [5.74, 6) is -0.769. The fourth-order valence-corrected chi connectivity index (χ4v) is 4.10. The molecule has 0 amide bonds. The highest BCUT2D eigenvalue weighted by atomic mass is 32.2. The molecule has 0 bridgehead atoms. The summed E-state index contributed by atoms with van der Waals surface area (Å²) >= 11 is 0. The van der Waals surface area contributed by atoms with Crippen LogP contribution in [-0.2, 0) is 14.6 Å². The van der Waals surface area contributed by atoms with Crippen molar-refractivity contribution in [3.05, 3.63) is 0 Å². The van der Waals surface area contributed by atoms with Crippen molar-refractivity contribution in [2.24, 2.45) is 5.41 Å². The van der Waals surface area contributed by atoms with Crippen LogP contribution in [0, 0.1) is 5.41 Å². The van der Waals surface area contributed by atoms with Crippen molar-refractivity contribution in [1.29, 1.82) is 0 Å². The molecule has 0 atom stereocenters. The predicted molar refractivity (Wildman–Crippen MR) is 96.5 cm³/mol. The van der Waals surface area contributed by atoms with Crippen LogP contribution in [0.5, 0.6) is 0 Å². The van der Waals surface area contributed by atoms with Crippen molar-refractivity contribution in [3.8, 4) is 0 Å². The Morgan fingerprint density at radius 3 is 1.70 bits per heavy atom. The molecule has 0 rings (SSSR count). The summed E-state index contributed by atoms with van der Waals surface area (Å²) in [7, 11) is -3.12. The third-order valence-electron chi connectivity index (χ3n) is 4.43. The predicted octanol–water partition coefficient (Wildman–Crippen LogP) is 4.82. The molecule has 0 spiro atoms. The maximum Gasteiger partial charge on any atom is 0.309 e. The molecule has 4 nitrogen and oxygen atoms in total. The quantitative estimate of drug-likeness (QED) is 0.431. The van der Waals surface area contributed by atoms with Gasteiger partial charge in [-0.05, 0) is 26.7 Å². The highest BCUT2D eigenvalue weighted by Crippen LogP contribution is 2.21. The third-order valence-corrected chi connectivity index (χ3v) is 6.16. The molecule has 0 saturated heterocycles. The summed E-state index contributed by atoms with van der Waals surface area (Å²) < 4.78 is 23.9. The van der Waals surface area contributed by atoms with Crippen LogP contribution in [0.1, 0.15) is 91.4 Å². The van der Waals surface area contributed by atoms with Gasteiger partial charge in [-0.3, -0.25) is 4.79 Å². The minimum absolute atomic E-state index is 0.0241. The Morgan fingerprint density at radius 2 is 1.26 bits per heavy atom. The number of carboxylic acid groups (broad SMARTS) is 1. The highest BCUT2D eigenvalue weighted by molar-refractivity contribution is 7.91. The van der Waals surface area contributed by atoms with Gasteiger partial charge in [-0.2, -0.15) is 0 Å². The smallest absolute Gasteiger partial charge is 0.309 e. The van der Waals surface area contributed by atoms with E-state index < -0.39 is 21.2 Å². The minimum atomic E-state index is -3.12. The number of aliphatic carboxylic acids is 1. The Morgan fingerprint density at radius 1 is 0.826 bits per heavy atom. The molecule has 0 radical (unpaired) electrons. The average molecular weight is 349 g/mol. The molecule has 0 aromatic rings. The molecule has 5 heteroatoms. The largest absolute Gasteiger partial charge is 0.481 e. The van der Waals surface area contributed by atoms with Gasteiger partial charge in [0.2, 0.25) is 0 Å². The van der Waals surface area contributed by atoms with Crippen LogP contribution < -0.4 is 0 Å². The standard InChI is InChI=1S/C18H36O4S/c1-4-5-6-7-8-9-10-11-12-13-15-23(21,22)16-14-18(2,3)17(19)20/h4-16H2,1-3H3,(H,19,20). The Bertz CT molecular complexity index is 413. The first-order valence-corrected chi connectivity index (χ1v) is 11.0. The third kappa shape index (κ3) is 12.5. The van der Waals surface area contributed by atoms with Crippen LogP contribution in [0.2, 0.25) is 0 Å². The average Bonchev–Trinajstić information content (AvgIpc) is 2.47. The van der Waals surface area contributed by atoms with Crippen LogP contribution in [0.3, 0.4) is 0 Å². The molecule has 1 N–H and O–H groups in total. The maximum absolute atomic E-state index is 11.9. The minimum Gasteiger partial charge on any atom is -0.481 e. The van der Waals surface area contributed by atoms with Gasteiger partial charge in [0.25, 0.3) is 0 Å². The summed E-state index contributed by atoms with van der Waals surface area (Å²) in [6.45, 7) is 5.37. The van der Waals surface area contributed by atoms with Crippen LogP contribution in [0.25, 0.3) is 0 Å². The zero-order chi connectivity index (χ0) is 17.8. The number of rotatable bonds is 15. The van der Waals surface area contributed by atoms with Gasteiger partial charge in [0, 0.05) is 0 Å². The van der Waals surface area contributed by atoms with E-state index in [1.165, 1.54) is 44.9 Å². The molecule has 0 unspecified atom stereocenters. The van der Waals surface area contributed by atoms with E-state index in [1.54, 1.807) is 13.8 Å². The van der Waals surface area contributed by atoms with Crippen molar-refractivity contribution >= 4 is 15.8 Å². The van der Waals surface area contributed by atoms with E-state index in [0.29, 0.717) is 6.42 Å². The first-order chi connectivity index (χ1) is 10.7. The number of carbonyl (C=O) groups is 1. The van der Waals surface area contributed by atoms with Gasteiger partial charge in [0.05, 0.1) is 16.9 Å². The molecule has 0 aliphatic rings. The van der Waals surface area contributed by atoms with E-state index in [9.17, 15) is 13.2 Å². The molecule has 0 aromatic heterocycles. The van der Waals surface area contributed by atoms with E-state index in [1.807, 2.05) is 0 Å². The summed E-state index contributed by atoms with van der Waals surface area (Å²) in [6, 6.07) is 0. The van der Waals surface area contributed by atoms with Gasteiger partial charge >= 0.3 is 5.97 Å². The lowest BCUT2D eigenvalue weighted by Crippen LogP contribution is -2.27. The van der Waals surface area contributed by atoms with Crippen molar-refractivity contribution in [2.45, 2.75) is 91.4 Å². The number of unbranched alkanes of at least 4 members (excludes halogenated alkanes) is 9. The van der Waals surface area contributed by atoms with E-state index in [2.05, 4.69) is 6.92 Å². The monoisotopic (exact) mass is 348 g/mol. The molecule has 0 aliphatic heterocycles. The zero-order valence-electron chi connectivity index (χ0n) is 15.3. The van der Waals surface area contributed by atoms with Gasteiger partial charge in [0.15, 0.2) is 0 Å². The lowest BCUT2D eigenvalue weighted by molar-refractivity contribution is -0.146. The lowest BCUT2D eigenvalue weighted by Gasteiger charge is -2.18. The normalized spacial score (nSPS) is 12.5. The Balaban J connectivity index is 3.65. The van der Waals surface area contributed by atoms with E-state index in [0.717, 1.165) is 12.8 Å². The van der Waals surface area contributed by atoms with Crippen molar-refractivity contribution in [3.63, 3.8) is 0 Å². The second kappa shape index (κ2) is 11.9. The van der Waals surface area contributed by atoms with Crippen LogP contribution in [0.4, 0.5) is 0 Å². The van der Waals surface area contributed by atoms with E-state index in [4.69, 9.17) is 5.11 Å². The molecule has 138 valence electrons. The van der Waals surface area contributed by atoms with E-state index >= 15 is 0 Å². The van der Waals surface area contributed by atoms with Crippen molar-refractivity contribution in [2.75, 3.05) is 11.5 Å². The fourth-order valence-electron chi connectivity index (χ4n) is 2.43. The summed E-state index contributed by atoms with van der Waals surface area (Å²) in [5, 5.41) is 9.01. The van der Waals surface area contributed by atoms with Crippen LogP contribution in [-0.4, -0.2) is 31.0 Å². The molecule has 0 aliphatic carbocycles. The molecule has 0 fully saturated rings. The van der Waals surface area contributed by atoms with Gasteiger partial charge in [-0.15, -0.1) is 0 Å². The first kappa shape index (κ1) is 22.4. The van der Waals surface area contributed by atoms with Crippen LogP contribution >= 0.6 is 0 Å². The Kier molecular flexibility index (Phi) is 11.6. The second-order valence-corrected chi connectivity index (χ2v) is 9.58. The topological polar surface area (TPSA) is 71.4 Å². The van der Waals surface area contributed by atoms with E-state index in [-0.39, 0.29) is 17.9 Å². The Hall–Kier alpha value is -0.580. The first-order valence-electron chi connectivity index (χ1n) is 9.15. The maximum atomic E-state index is 11.9. The summed E-state index contributed by atoms with van der Waals surface area (Å²) in [6.07, 6.45) is 11.9. The molecule has 0 heterocycles. The molecular weight excluding hydrogens is 312 g/mol. The van der Waals surface area contributed by atoms with Gasteiger partial charge in [-0.1, -0.05) is 64.7 Å². The number of sulfone groups is 1. The zero-order valence-corrected chi connectivity index (χ0v) is 16.1. The molecular formula is C18H36O4S. The summed E-state index contributed by atoms with van der Waals surface area (Å²) in [5.41, 5.74) is -0.967. The SMILES string of the molecule is CCCCCCCCCCCCS(=O)(=O)CCC(C)(C)C(=O)O. The fraction of sp³-hybridized carbons (Fsp3) is 0.944. The lowest BCUT2D eigenvalue weighted by atomic mass is 9.91. The second-order valence-electron chi connectivity index (χ2n) is 7.27. The summed E-state index contributed by atoms with van der Waals surface area (Å²) in [4.78, 5) is 11.0. The van der Waals surface area contributed by atoms with Crippen molar-refractivity contribution < 1.29 is 18.3 Å². The van der Waals surface area contributed by atoms with Gasteiger partial charge in [-0.25, -0.2) is 8.42 Å².